The first kappa shape index (κ1) is 12.3. The van der Waals surface area contributed by atoms with E-state index < -0.39 is 5.91 Å². The summed E-state index contributed by atoms with van der Waals surface area (Å²) in [4.78, 5) is 15.4. The Hall–Kier alpha value is -2.16. The van der Waals surface area contributed by atoms with Crippen molar-refractivity contribution in [2.75, 3.05) is 0 Å². The van der Waals surface area contributed by atoms with E-state index in [0.717, 1.165) is 23.2 Å². The lowest BCUT2D eigenvalue weighted by molar-refractivity contribution is 0.100. The summed E-state index contributed by atoms with van der Waals surface area (Å²) in [6.07, 6.45) is 2.86. The molecule has 0 atom stereocenters. The molecule has 3 nitrogen and oxygen atoms in total. The van der Waals surface area contributed by atoms with Crippen LogP contribution in [0.2, 0.25) is 0 Å². The minimum Gasteiger partial charge on any atom is -0.366 e. The number of nitrogens with two attached hydrogens (primary N) is 1. The highest BCUT2D eigenvalue weighted by atomic mass is 16.1. The van der Waals surface area contributed by atoms with Crippen molar-refractivity contribution in [1.29, 1.82) is 0 Å². The van der Waals surface area contributed by atoms with Gasteiger partial charge in [-0.1, -0.05) is 19.1 Å². The summed E-state index contributed by atoms with van der Waals surface area (Å²) in [7, 11) is 0. The Kier molecular flexibility index (Phi) is 3.42. The van der Waals surface area contributed by atoms with Gasteiger partial charge in [0.15, 0.2) is 0 Å². The van der Waals surface area contributed by atoms with E-state index in [1.54, 1.807) is 12.1 Å². The van der Waals surface area contributed by atoms with Crippen LogP contribution in [-0.2, 0) is 6.42 Å². The molecule has 0 spiro atoms. The molecule has 0 aliphatic rings. The first-order valence-electron chi connectivity index (χ1n) is 5.97. The maximum absolute atomic E-state index is 11.0. The minimum atomic E-state index is -0.404. The average molecular weight is 240 g/mol. The maximum atomic E-state index is 11.0. The molecule has 3 heteroatoms. The first-order valence-corrected chi connectivity index (χ1v) is 5.97. The minimum absolute atomic E-state index is 0.404. The van der Waals surface area contributed by atoms with Crippen LogP contribution in [0, 0.1) is 6.92 Å². The van der Waals surface area contributed by atoms with Crippen LogP contribution in [0.3, 0.4) is 0 Å². The van der Waals surface area contributed by atoms with Crippen LogP contribution in [0.25, 0.3) is 11.1 Å². The third kappa shape index (κ3) is 2.40. The van der Waals surface area contributed by atoms with E-state index in [-0.39, 0.29) is 0 Å². The molecule has 0 radical (unpaired) electrons. The molecule has 18 heavy (non-hydrogen) atoms. The van der Waals surface area contributed by atoms with Crippen molar-refractivity contribution in [3.63, 3.8) is 0 Å². The molecule has 0 bridgehead atoms. The second-order valence-corrected chi connectivity index (χ2v) is 4.27. The zero-order valence-corrected chi connectivity index (χ0v) is 10.6. The second kappa shape index (κ2) is 5.00. The normalized spacial score (nSPS) is 10.3. The fourth-order valence-electron chi connectivity index (χ4n) is 1.88. The fraction of sp³-hybridized carbons (Fsp3) is 0.200. The van der Waals surface area contributed by atoms with Crippen LogP contribution in [0.15, 0.2) is 36.5 Å². The Morgan fingerprint density at radius 2 is 1.94 bits per heavy atom. The molecule has 1 heterocycles. The molecule has 2 N–H and O–H groups in total. The van der Waals surface area contributed by atoms with Gasteiger partial charge < -0.3 is 5.73 Å². The van der Waals surface area contributed by atoms with E-state index in [0.29, 0.717) is 5.56 Å². The first-order chi connectivity index (χ1) is 8.61. The van der Waals surface area contributed by atoms with E-state index >= 15 is 0 Å². The Morgan fingerprint density at radius 3 is 2.50 bits per heavy atom. The lowest BCUT2D eigenvalue weighted by Gasteiger charge is -2.08. The number of hydrogen-bond acceptors (Lipinski definition) is 2. The van der Waals surface area contributed by atoms with Gasteiger partial charge in [-0.05, 0) is 42.7 Å². The van der Waals surface area contributed by atoms with Crippen LogP contribution in [0.4, 0.5) is 0 Å². The topological polar surface area (TPSA) is 56.0 Å². The van der Waals surface area contributed by atoms with E-state index in [4.69, 9.17) is 5.73 Å². The van der Waals surface area contributed by atoms with E-state index in [1.165, 1.54) is 5.56 Å². The summed E-state index contributed by atoms with van der Waals surface area (Å²) in [5, 5.41) is 0. The quantitative estimate of drug-likeness (QED) is 0.896. The number of aromatic nitrogens is 1. The van der Waals surface area contributed by atoms with Gasteiger partial charge in [-0.25, -0.2) is 0 Å². The van der Waals surface area contributed by atoms with E-state index in [1.807, 2.05) is 25.3 Å². The summed E-state index contributed by atoms with van der Waals surface area (Å²) in [5.41, 5.74) is 10.1. The standard InChI is InChI=1S/C15H16N2O/c1-3-11-8-14(10(2)17-9-11)12-4-6-13(7-5-12)15(16)18/h4-9H,3H2,1-2H3,(H2,16,18). The highest BCUT2D eigenvalue weighted by Gasteiger charge is 2.05. The van der Waals surface area contributed by atoms with Gasteiger partial charge in [-0.3, -0.25) is 9.78 Å². The van der Waals surface area contributed by atoms with E-state index in [2.05, 4.69) is 18.0 Å². The molecule has 92 valence electrons. The SMILES string of the molecule is CCc1cnc(C)c(-c2ccc(C(N)=O)cc2)c1. The predicted molar refractivity (Wildman–Crippen MR) is 72.3 cm³/mol. The lowest BCUT2D eigenvalue weighted by Crippen LogP contribution is -2.10. The van der Waals surface area contributed by atoms with Crippen LogP contribution < -0.4 is 5.73 Å². The monoisotopic (exact) mass is 240 g/mol. The summed E-state index contributed by atoms with van der Waals surface area (Å²) in [5.74, 6) is -0.404. The number of benzene rings is 1. The van der Waals surface area contributed by atoms with Gasteiger partial charge in [0.2, 0.25) is 5.91 Å². The summed E-state index contributed by atoms with van der Waals surface area (Å²) in [6.45, 7) is 4.09. The maximum Gasteiger partial charge on any atom is 0.248 e. The van der Waals surface area contributed by atoms with Gasteiger partial charge >= 0.3 is 0 Å². The Bertz CT molecular complexity index is 574. The number of primary amides is 1. The summed E-state index contributed by atoms with van der Waals surface area (Å²) < 4.78 is 0. The number of amides is 1. The average Bonchev–Trinajstić information content (AvgIpc) is 2.39. The van der Waals surface area contributed by atoms with Crippen LogP contribution in [-0.4, -0.2) is 10.9 Å². The van der Waals surface area contributed by atoms with Gasteiger partial charge in [0.25, 0.3) is 0 Å². The van der Waals surface area contributed by atoms with Gasteiger partial charge in [0, 0.05) is 23.0 Å². The van der Waals surface area contributed by atoms with Crippen molar-refractivity contribution in [1.82, 2.24) is 4.98 Å². The third-order valence-electron chi connectivity index (χ3n) is 3.03. The number of carbonyl (C=O) groups is 1. The highest BCUT2D eigenvalue weighted by Crippen LogP contribution is 2.23. The van der Waals surface area contributed by atoms with Crippen molar-refractivity contribution in [2.45, 2.75) is 20.3 Å². The lowest BCUT2D eigenvalue weighted by atomic mass is 10.0. The van der Waals surface area contributed by atoms with Gasteiger partial charge in [-0.2, -0.15) is 0 Å². The molecule has 1 aromatic heterocycles. The number of carbonyl (C=O) groups excluding carboxylic acids is 1. The van der Waals surface area contributed by atoms with Crippen LogP contribution in [0.1, 0.15) is 28.5 Å². The molecule has 2 rings (SSSR count). The van der Waals surface area contributed by atoms with Gasteiger partial charge in [0.1, 0.15) is 0 Å². The van der Waals surface area contributed by atoms with Crippen molar-refractivity contribution in [2.24, 2.45) is 5.73 Å². The largest absolute Gasteiger partial charge is 0.366 e. The predicted octanol–water partition coefficient (Wildman–Crippen LogP) is 2.72. The van der Waals surface area contributed by atoms with E-state index in [9.17, 15) is 4.79 Å². The fourth-order valence-corrected chi connectivity index (χ4v) is 1.88. The van der Waals surface area contributed by atoms with Gasteiger partial charge in [0.05, 0.1) is 0 Å². The number of rotatable bonds is 3. The zero-order valence-electron chi connectivity index (χ0n) is 10.6. The molecular formula is C15H16N2O. The molecule has 1 aromatic carbocycles. The van der Waals surface area contributed by atoms with Crippen molar-refractivity contribution < 1.29 is 4.79 Å². The number of aryl methyl sites for hydroxylation is 2. The molecular weight excluding hydrogens is 224 g/mol. The number of nitrogens with zero attached hydrogens (tertiary/aromatic N) is 1. The second-order valence-electron chi connectivity index (χ2n) is 4.27. The van der Waals surface area contributed by atoms with Crippen molar-refractivity contribution in [3.8, 4) is 11.1 Å². The molecule has 0 unspecified atom stereocenters. The molecule has 0 fully saturated rings. The molecule has 2 aromatic rings. The molecule has 0 aliphatic carbocycles. The summed E-state index contributed by atoms with van der Waals surface area (Å²) >= 11 is 0. The van der Waals surface area contributed by atoms with Gasteiger partial charge in [-0.15, -0.1) is 0 Å². The molecule has 0 aliphatic heterocycles. The Labute approximate surface area is 107 Å². The van der Waals surface area contributed by atoms with Crippen molar-refractivity contribution >= 4 is 5.91 Å². The number of pyridine rings is 1. The van der Waals surface area contributed by atoms with Crippen LogP contribution in [0.5, 0.6) is 0 Å². The Balaban J connectivity index is 2.44. The third-order valence-corrected chi connectivity index (χ3v) is 3.03. The molecule has 1 amide bonds. The zero-order chi connectivity index (χ0) is 13.1. The Morgan fingerprint density at radius 1 is 1.28 bits per heavy atom. The smallest absolute Gasteiger partial charge is 0.248 e. The summed E-state index contributed by atoms with van der Waals surface area (Å²) in [6, 6.07) is 9.44. The highest BCUT2D eigenvalue weighted by molar-refractivity contribution is 5.93. The molecule has 0 saturated carbocycles. The number of hydrogen-bond donors (Lipinski definition) is 1. The van der Waals surface area contributed by atoms with Crippen molar-refractivity contribution in [3.05, 3.63) is 53.3 Å². The van der Waals surface area contributed by atoms with Crippen LogP contribution >= 0.6 is 0 Å². The molecule has 0 saturated heterocycles.